The summed E-state index contributed by atoms with van der Waals surface area (Å²) in [5.74, 6) is 0. The number of hydrogen-bond donors (Lipinski definition) is 1. The molecular weight excluding hydrogens is 191 g/mol. The molecule has 2 fully saturated rings. The van der Waals surface area contributed by atoms with Crippen molar-refractivity contribution in [3.8, 4) is 0 Å². The van der Waals surface area contributed by atoms with Crippen molar-refractivity contribution in [1.82, 2.24) is 10.2 Å². The van der Waals surface area contributed by atoms with E-state index in [1.807, 2.05) is 0 Å². The second-order valence-corrected chi connectivity index (χ2v) is 5.21. The Hall–Kier alpha value is -0.150. The standard InChI is InChI=1S/C12H23FN2/c1-11-4-8-14-12(5-2-3-6-12)10-15(11)9-7-13/h11,14H,2-10H2,1H3. The molecule has 1 heterocycles. The molecule has 1 spiro atoms. The van der Waals surface area contributed by atoms with Crippen molar-refractivity contribution in [3.05, 3.63) is 0 Å². The van der Waals surface area contributed by atoms with Crippen LogP contribution in [0.25, 0.3) is 0 Å². The van der Waals surface area contributed by atoms with Gasteiger partial charge in [-0.1, -0.05) is 12.8 Å². The zero-order valence-electron chi connectivity index (χ0n) is 9.77. The average molecular weight is 214 g/mol. The molecule has 15 heavy (non-hydrogen) atoms. The van der Waals surface area contributed by atoms with E-state index >= 15 is 0 Å². The van der Waals surface area contributed by atoms with E-state index in [-0.39, 0.29) is 6.67 Å². The largest absolute Gasteiger partial charge is 0.310 e. The van der Waals surface area contributed by atoms with Crippen LogP contribution in [-0.2, 0) is 0 Å². The van der Waals surface area contributed by atoms with E-state index in [1.165, 1.54) is 25.7 Å². The smallest absolute Gasteiger partial charge is 0.102 e. The highest BCUT2D eigenvalue weighted by Crippen LogP contribution is 2.32. The number of nitrogens with one attached hydrogen (secondary N) is 1. The summed E-state index contributed by atoms with van der Waals surface area (Å²) in [6.07, 6.45) is 6.39. The van der Waals surface area contributed by atoms with Crippen LogP contribution >= 0.6 is 0 Å². The summed E-state index contributed by atoms with van der Waals surface area (Å²) < 4.78 is 12.5. The van der Waals surface area contributed by atoms with Gasteiger partial charge >= 0.3 is 0 Å². The van der Waals surface area contributed by atoms with E-state index in [9.17, 15) is 4.39 Å². The lowest BCUT2D eigenvalue weighted by Crippen LogP contribution is -2.50. The number of halogens is 1. The molecule has 0 bridgehead atoms. The second-order valence-electron chi connectivity index (χ2n) is 5.21. The van der Waals surface area contributed by atoms with Gasteiger partial charge in [0.25, 0.3) is 0 Å². The Morgan fingerprint density at radius 1 is 1.40 bits per heavy atom. The molecule has 1 atom stereocenters. The highest BCUT2D eigenvalue weighted by molar-refractivity contribution is 4.98. The first kappa shape index (κ1) is 11.3. The zero-order chi connectivity index (χ0) is 10.7. The summed E-state index contributed by atoms with van der Waals surface area (Å²) >= 11 is 0. The quantitative estimate of drug-likeness (QED) is 0.756. The number of nitrogens with zero attached hydrogens (tertiary/aromatic N) is 1. The summed E-state index contributed by atoms with van der Waals surface area (Å²) in [7, 11) is 0. The Kier molecular flexibility index (Phi) is 3.62. The first-order valence-electron chi connectivity index (χ1n) is 6.31. The second kappa shape index (κ2) is 4.79. The summed E-state index contributed by atoms with van der Waals surface area (Å²) in [6, 6.07) is 0.535. The van der Waals surface area contributed by atoms with Crippen molar-refractivity contribution >= 4 is 0 Å². The van der Waals surface area contributed by atoms with Crippen LogP contribution in [0.1, 0.15) is 39.0 Å². The van der Waals surface area contributed by atoms with Crippen LogP contribution in [0.3, 0.4) is 0 Å². The van der Waals surface area contributed by atoms with Gasteiger partial charge in [0.05, 0.1) is 0 Å². The van der Waals surface area contributed by atoms with Crippen molar-refractivity contribution in [2.45, 2.75) is 50.6 Å². The highest BCUT2D eigenvalue weighted by atomic mass is 19.1. The Labute approximate surface area is 92.2 Å². The fourth-order valence-electron chi connectivity index (χ4n) is 3.12. The van der Waals surface area contributed by atoms with Crippen LogP contribution in [0.15, 0.2) is 0 Å². The monoisotopic (exact) mass is 214 g/mol. The minimum Gasteiger partial charge on any atom is -0.310 e. The molecule has 2 nitrogen and oxygen atoms in total. The van der Waals surface area contributed by atoms with Gasteiger partial charge in [-0.25, -0.2) is 4.39 Å². The molecule has 1 saturated carbocycles. The first-order chi connectivity index (χ1) is 7.26. The van der Waals surface area contributed by atoms with Crippen LogP contribution < -0.4 is 5.32 Å². The Balaban J connectivity index is 2.02. The van der Waals surface area contributed by atoms with Crippen molar-refractivity contribution in [2.24, 2.45) is 0 Å². The number of rotatable bonds is 2. The molecule has 0 aromatic carbocycles. The topological polar surface area (TPSA) is 15.3 Å². The van der Waals surface area contributed by atoms with E-state index in [0.29, 0.717) is 18.1 Å². The van der Waals surface area contributed by atoms with E-state index in [4.69, 9.17) is 0 Å². The molecule has 1 aliphatic heterocycles. The Morgan fingerprint density at radius 2 is 2.13 bits per heavy atom. The van der Waals surface area contributed by atoms with Crippen LogP contribution in [-0.4, -0.2) is 42.8 Å². The third-order valence-corrected chi connectivity index (χ3v) is 4.12. The molecule has 1 aliphatic carbocycles. The minimum atomic E-state index is -0.208. The van der Waals surface area contributed by atoms with Gasteiger partial charge in [-0.05, 0) is 32.7 Å². The SMILES string of the molecule is CC1CCNC2(CCCC2)CN1CCF. The highest BCUT2D eigenvalue weighted by Gasteiger charge is 2.37. The number of alkyl halides is 1. The predicted molar refractivity (Wildman–Crippen MR) is 60.8 cm³/mol. The van der Waals surface area contributed by atoms with Crippen LogP contribution in [0, 0.1) is 0 Å². The molecule has 0 radical (unpaired) electrons. The molecule has 1 N–H and O–H groups in total. The fraction of sp³-hybridized carbons (Fsp3) is 1.00. The first-order valence-corrected chi connectivity index (χ1v) is 6.31. The van der Waals surface area contributed by atoms with E-state index < -0.39 is 0 Å². The van der Waals surface area contributed by atoms with E-state index in [2.05, 4.69) is 17.1 Å². The predicted octanol–water partition coefficient (Wildman–Crippen LogP) is 1.95. The third-order valence-electron chi connectivity index (χ3n) is 4.12. The molecule has 2 rings (SSSR count). The van der Waals surface area contributed by atoms with Gasteiger partial charge in [0.15, 0.2) is 0 Å². The maximum absolute atomic E-state index is 12.5. The van der Waals surface area contributed by atoms with Gasteiger partial charge in [-0.3, -0.25) is 4.90 Å². The van der Waals surface area contributed by atoms with Crippen molar-refractivity contribution < 1.29 is 4.39 Å². The zero-order valence-corrected chi connectivity index (χ0v) is 9.77. The molecular formula is C12H23FN2. The lowest BCUT2D eigenvalue weighted by atomic mass is 9.97. The van der Waals surface area contributed by atoms with E-state index in [1.54, 1.807) is 0 Å². The van der Waals surface area contributed by atoms with Gasteiger partial charge < -0.3 is 5.32 Å². The molecule has 3 heteroatoms. The maximum atomic E-state index is 12.5. The lowest BCUT2D eigenvalue weighted by Gasteiger charge is -2.34. The normalized spacial score (nSPS) is 32.0. The number of hydrogen-bond acceptors (Lipinski definition) is 2. The van der Waals surface area contributed by atoms with Crippen LogP contribution in [0.4, 0.5) is 4.39 Å². The molecule has 0 amide bonds. The van der Waals surface area contributed by atoms with Crippen LogP contribution in [0.2, 0.25) is 0 Å². The molecule has 0 aromatic heterocycles. The van der Waals surface area contributed by atoms with Crippen molar-refractivity contribution in [2.75, 3.05) is 26.3 Å². The van der Waals surface area contributed by atoms with Crippen LogP contribution in [0.5, 0.6) is 0 Å². The molecule has 2 aliphatic rings. The maximum Gasteiger partial charge on any atom is 0.102 e. The summed E-state index contributed by atoms with van der Waals surface area (Å²) in [5.41, 5.74) is 0.319. The third kappa shape index (κ3) is 2.51. The lowest BCUT2D eigenvalue weighted by molar-refractivity contribution is 0.156. The van der Waals surface area contributed by atoms with Gasteiger partial charge in [0, 0.05) is 24.7 Å². The Morgan fingerprint density at radius 3 is 2.80 bits per heavy atom. The minimum absolute atomic E-state index is 0.208. The molecule has 88 valence electrons. The average Bonchev–Trinajstić information content (AvgIpc) is 2.60. The van der Waals surface area contributed by atoms with Crippen molar-refractivity contribution in [1.29, 1.82) is 0 Å². The van der Waals surface area contributed by atoms with Gasteiger partial charge in [-0.2, -0.15) is 0 Å². The van der Waals surface area contributed by atoms with Gasteiger partial charge in [0.1, 0.15) is 6.67 Å². The fourth-order valence-corrected chi connectivity index (χ4v) is 3.12. The Bertz CT molecular complexity index is 202. The van der Waals surface area contributed by atoms with Gasteiger partial charge in [-0.15, -0.1) is 0 Å². The summed E-state index contributed by atoms with van der Waals surface area (Å²) in [5, 5.41) is 3.71. The molecule has 1 saturated heterocycles. The summed E-state index contributed by atoms with van der Waals surface area (Å²) in [6.45, 7) is 4.79. The summed E-state index contributed by atoms with van der Waals surface area (Å²) in [4.78, 5) is 2.34. The molecule has 1 unspecified atom stereocenters. The van der Waals surface area contributed by atoms with E-state index in [0.717, 1.165) is 19.5 Å². The molecule has 0 aromatic rings. The van der Waals surface area contributed by atoms with Gasteiger partial charge in [0.2, 0.25) is 0 Å². The van der Waals surface area contributed by atoms with Crippen molar-refractivity contribution in [3.63, 3.8) is 0 Å².